The van der Waals surface area contributed by atoms with Crippen molar-refractivity contribution in [2.45, 2.75) is 32.4 Å². The second-order valence-electron chi connectivity index (χ2n) is 5.64. The zero-order valence-electron chi connectivity index (χ0n) is 13.9. The fraction of sp³-hybridized carbons (Fsp3) is 0.471. The van der Waals surface area contributed by atoms with Crippen LogP contribution in [0.5, 0.6) is 0 Å². The van der Waals surface area contributed by atoms with Crippen LogP contribution in [0, 0.1) is 0 Å². The number of ether oxygens (including phenoxy) is 1. The Hall–Kier alpha value is -2.57. The summed E-state index contributed by atoms with van der Waals surface area (Å²) in [5.41, 5.74) is 1.90. The van der Waals surface area contributed by atoms with Gasteiger partial charge < -0.3 is 19.6 Å². The molecule has 0 saturated carbocycles. The van der Waals surface area contributed by atoms with Crippen molar-refractivity contribution in [2.75, 3.05) is 20.2 Å². The molecule has 0 aromatic heterocycles. The normalized spacial score (nSPS) is 16.2. The molecule has 1 unspecified atom stereocenters. The van der Waals surface area contributed by atoms with E-state index in [1.165, 1.54) is 16.9 Å². The number of carbonyl (C=O) groups excluding carboxylic acids is 2. The molecule has 1 N–H and O–H groups in total. The lowest BCUT2D eigenvalue weighted by atomic mass is 9.94. The molecule has 2 rings (SSSR count). The Bertz CT molecular complexity index is 631. The molecule has 1 aliphatic rings. The molecule has 0 fully saturated rings. The second-order valence-corrected chi connectivity index (χ2v) is 5.64. The molecule has 1 heterocycles. The molecule has 1 aliphatic heterocycles. The van der Waals surface area contributed by atoms with E-state index in [4.69, 9.17) is 0 Å². The highest BCUT2D eigenvalue weighted by Crippen LogP contribution is 2.24. The lowest BCUT2D eigenvalue weighted by Gasteiger charge is -2.37. The van der Waals surface area contributed by atoms with Crippen molar-refractivity contribution in [1.29, 1.82) is 0 Å². The van der Waals surface area contributed by atoms with E-state index in [-0.39, 0.29) is 32.0 Å². The Morgan fingerprint density at radius 3 is 2.54 bits per heavy atom. The standard InChI is InChI=1S/C17H22N2O5/c1-3-18(9-8-15(20)24-2)17(23)19-11-13-7-5-4-6-12(13)10-14(19)16(21)22/h4-7,14H,3,8-11H2,1-2H3,(H,21,22). The average Bonchev–Trinajstić information content (AvgIpc) is 2.60. The van der Waals surface area contributed by atoms with Crippen molar-refractivity contribution >= 4 is 18.0 Å². The first-order chi connectivity index (χ1) is 11.5. The van der Waals surface area contributed by atoms with Gasteiger partial charge in [0.2, 0.25) is 0 Å². The summed E-state index contributed by atoms with van der Waals surface area (Å²) in [6.45, 7) is 2.64. The Labute approximate surface area is 140 Å². The van der Waals surface area contributed by atoms with Crippen LogP contribution in [-0.2, 0) is 27.3 Å². The van der Waals surface area contributed by atoms with Crippen LogP contribution in [0.15, 0.2) is 24.3 Å². The van der Waals surface area contributed by atoms with Gasteiger partial charge in [-0.25, -0.2) is 9.59 Å². The summed E-state index contributed by atoms with van der Waals surface area (Å²) in [5.74, 6) is -1.43. The molecule has 7 nitrogen and oxygen atoms in total. The van der Waals surface area contributed by atoms with Crippen LogP contribution in [0.2, 0.25) is 0 Å². The van der Waals surface area contributed by atoms with E-state index in [1.807, 2.05) is 24.3 Å². The first kappa shape index (κ1) is 17.8. The fourth-order valence-electron chi connectivity index (χ4n) is 2.84. The van der Waals surface area contributed by atoms with Gasteiger partial charge in [-0.15, -0.1) is 0 Å². The molecule has 0 saturated heterocycles. The van der Waals surface area contributed by atoms with Gasteiger partial charge in [0.25, 0.3) is 0 Å². The van der Waals surface area contributed by atoms with Gasteiger partial charge in [0.05, 0.1) is 13.5 Å². The van der Waals surface area contributed by atoms with Crippen LogP contribution in [0.1, 0.15) is 24.5 Å². The highest BCUT2D eigenvalue weighted by molar-refractivity contribution is 5.84. The maximum atomic E-state index is 12.8. The number of amides is 2. The molecule has 0 aliphatic carbocycles. The number of rotatable bonds is 5. The van der Waals surface area contributed by atoms with Gasteiger partial charge in [-0.2, -0.15) is 0 Å². The van der Waals surface area contributed by atoms with Gasteiger partial charge in [0.1, 0.15) is 6.04 Å². The summed E-state index contributed by atoms with van der Waals surface area (Å²) < 4.78 is 4.59. The van der Waals surface area contributed by atoms with Gasteiger partial charge >= 0.3 is 18.0 Å². The van der Waals surface area contributed by atoms with Crippen LogP contribution in [-0.4, -0.2) is 59.1 Å². The molecule has 1 aromatic rings. The van der Waals surface area contributed by atoms with E-state index in [9.17, 15) is 19.5 Å². The molecule has 1 atom stereocenters. The second kappa shape index (κ2) is 7.81. The first-order valence-electron chi connectivity index (χ1n) is 7.89. The van der Waals surface area contributed by atoms with Gasteiger partial charge in [-0.05, 0) is 18.1 Å². The number of carboxylic acid groups (broad SMARTS) is 1. The summed E-state index contributed by atoms with van der Waals surface area (Å²) in [6.07, 6.45) is 0.365. The largest absolute Gasteiger partial charge is 0.480 e. The summed E-state index contributed by atoms with van der Waals surface area (Å²) in [5, 5.41) is 9.51. The SMILES string of the molecule is CCN(CCC(=O)OC)C(=O)N1Cc2ccccc2CC1C(=O)O. The summed E-state index contributed by atoms with van der Waals surface area (Å²) in [6, 6.07) is 6.25. The average molecular weight is 334 g/mol. The zero-order chi connectivity index (χ0) is 17.7. The Balaban J connectivity index is 2.18. The number of carboxylic acids is 1. The monoisotopic (exact) mass is 334 g/mol. The third-order valence-corrected chi connectivity index (χ3v) is 4.25. The van der Waals surface area contributed by atoms with Crippen molar-refractivity contribution < 1.29 is 24.2 Å². The first-order valence-corrected chi connectivity index (χ1v) is 7.89. The molecule has 0 radical (unpaired) electrons. The number of hydrogen-bond acceptors (Lipinski definition) is 4. The number of carbonyl (C=O) groups is 3. The summed E-state index contributed by atoms with van der Waals surface area (Å²) in [4.78, 5) is 38.5. The number of esters is 1. The maximum absolute atomic E-state index is 12.8. The maximum Gasteiger partial charge on any atom is 0.326 e. The van der Waals surface area contributed by atoms with E-state index < -0.39 is 18.0 Å². The molecule has 1 aromatic carbocycles. The third kappa shape index (κ3) is 3.84. The van der Waals surface area contributed by atoms with Gasteiger partial charge in [0, 0.05) is 26.1 Å². The van der Waals surface area contributed by atoms with E-state index in [0.29, 0.717) is 6.54 Å². The van der Waals surface area contributed by atoms with E-state index in [1.54, 1.807) is 6.92 Å². The lowest BCUT2D eigenvalue weighted by Crippen LogP contribution is -2.53. The number of benzene rings is 1. The topological polar surface area (TPSA) is 87.2 Å². The number of methoxy groups -OCH3 is 1. The van der Waals surface area contributed by atoms with Crippen molar-refractivity contribution in [3.05, 3.63) is 35.4 Å². The fourth-order valence-corrected chi connectivity index (χ4v) is 2.84. The third-order valence-electron chi connectivity index (χ3n) is 4.25. The molecular weight excluding hydrogens is 312 g/mol. The summed E-state index contributed by atoms with van der Waals surface area (Å²) >= 11 is 0. The number of aliphatic carboxylic acids is 1. The smallest absolute Gasteiger partial charge is 0.326 e. The summed E-state index contributed by atoms with van der Waals surface area (Å²) in [7, 11) is 1.29. The van der Waals surface area contributed by atoms with Crippen molar-refractivity contribution in [2.24, 2.45) is 0 Å². The predicted molar refractivity (Wildman–Crippen MR) is 86.4 cm³/mol. The molecule has 2 amide bonds. The molecule has 130 valence electrons. The molecule has 7 heteroatoms. The van der Waals surface area contributed by atoms with Crippen molar-refractivity contribution in [3.8, 4) is 0 Å². The zero-order valence-corrected chi connectivity index (χ0v) is 13.9. The van der Waals surface area contributed by atoms with Gasteiger partial charge in [-0.3, -0.25) is 4.79 Å². The van der Waals surface area contributed by atoms with Crippen molar-refractivity contribution in [1.82, 2.24) is 9.80 Å². The van der Waals surface area contributed by atoms with Crippen molar-refractivity contribution in [3.63, 3.8) is 0 Å². The van der Waals surface area contributed by atoms with Crippen LogP contribution in [0.25, 0.3) is 0 Å². The minimum absolute atomic E-state index is 0.0816. The van der Waals surface area contributed by atoms with Crippen LogP contribution in [0.4, 0.5) is 4.79 Å². The number of hydrogen-bond donors (Lipinski definition) is 1. The highest BCUT2D eigenvalue weighted by atomic mass is 16.5. The minimum Gasteiger partial charge on any atom is -0.480 e. The quantitative estimate of drug-likeness (QED) is 0.825. The van der Waals surface area contributed by atoms with E-state index in [0.717, 1.165) is 11.1 Å². The highest BCUT2D eigenvalue weighted by Gasteiger charge is 2.36. The molecule has 0 spiro atoms. The van der Waals surface area contributed by atoms with E-state index >= 15 is 0 Å². The van der Waals surface area contributed by atoms with Crippen LogP contribution in [0.3, 0.4) is 0 Å². The Morgan fingerprint density at radius 2 is 1.96 bits per heavy atom. The van der Waals surface area contributed by atoms with Crippen LogP contribution >= 0.6 is 0 Å². The van der Waals surface area contributed by atoms with Gasteiger partial charge in [0.15, 0.2) is 0 Å². The van der Waals surface area contributed by atoms with Gasteiger partial charge in [-0.1, -0.05) is 24.3 Å². The Morgan fingerprint density at radius 1 is 1.29 bits per heavy atom. The lowest BCUT2D eigenvalue weighted by molar-refractivity contribution is -0.143. The molecule has 0 bridgehead atoms. The molecule has 24 heavy (non-hydrogen) atoms. The Kier molecular flexibility index (Phi) is 5.78. The molecular formula is C17H22N2O5. The predicted octanol–water partition coefficient (Wildman–Crippen LogP) is 1.50. The van der Waals surface area contributed by atoms with Crippen LogP contribution < -0.4 is 0 Å². The minimum atomic E-state index is -1.03. The number of fused-ring (bicyclic) bond motifs is 1. The number of nitrogens with zero attached hydrogens (tertiary/aromatic N) is 2. The number of urea groups is 1. The van der Waals surface area contributed by atoms with E-state index in [2.05, 4.69) is 4.74 Å².